The number of carbonyl (C=O) groups excluding carboxylic acids is 1. The Morgan fingerprint density at radius 3 is 2.36 bits per heavy atom. The van der Waals surface area contributed by atoms with Crippen LogP contribution < -0.4 is 10.9 Å². The van der Waals surface area contributed by atoms with Crippen LogP contribution >= 0.6 is 0 Å². The molecule has 2 N–H and O–H groups in total. The number of nitrogens with one attached hydrogen (secondary N) is 2. The van der Waals surface area contributed by atoms with E-state index in [0.717, 1.165) is 12.0 Å². The molecule has 0 bridgehead atoms. The second-order valence-electron chi connectivity index (χ2n) is 6.51. The minimum Gasteiger partial charge on any atom is -0.344 e. The molecule has 0 aliphatic rings. The molecule has 5 heteroatoms. The predicted molar refractivity (Wildman–Crippen MR) is 98.5 cm³/mol. The average Bonchev–Trinajstić information content (AvgIpc) is 2.62. The van der Waals surface area contributed by atoms with Crippen LogP contribution in [0.4, 0.5) is 0 Å². The summed E-state index contributed by atoms with van der Waals surface area (Å²) in [5.74, 6) is 0.132. The summed E-state index contributed by atoms with van der Waals surface area (Å²) in [6.07, 6.45) is 0.817. The lowest BCUT2D eigenvalue weighted by molar-refractivity contribution is 0.0927. The Labute approximate surface area is 146 Å². The van der Waals surface area contributed by atoms with E-state index >= 15 is 0 Å². The minimum atomic E-state index is -0.297. The molecule has 0 radical (unpaired) electrons. The van der Waals surface area contributed by atoms with E-state index in [4.69, 9.17) is 0 Å². The second-order valence-corrected chi connectivity index (χ2v) is 6.51. The van der Waals surface area contributed by atoms with E-state index < -0.39 is 0 Å². The first kappa shape index (κ1) is 16.9. The molecule has 1 atom stereocenters. The normalized spacial score (nSPS) is 12.3. The molecule has 0 saturated carbocycles. The molecule has 0 saturated heterocycles. The Bertz CT molecular complexity index is 932. The zero-order valence-corrected chi connectivity index (χ0v) is 14.3. The van der Waals surface area contributed by atoms with Crippen molar-refractivity contribution in [1.29, 1.82) is 0 Å². The van der Waals surface area contributed by atoms with Gasteiger partial charge in [0.15, 0.2) is 5.69 Å². The first-order valence-electron chi connectivity index (χ1n) is 8.39. The largest absolute Gasteiger partial charge is 0.344 e. The van der Waals surface area contributed by atoms with Gasteiger partial charge < -0.3 is 5.32 Å². The highest BCUT2D eigenvalue weighted by Gasteiger charge is 2.20. The summed E-state index contributed by atoms with van der Waals surface area (Å²) in [5, 5.41) is 10.5. The number of nitrogens with zero attached hydrogens (tertiary/aromatic N) is 1. The highest BCUT2D eigenvalue weighted by molar-refractivity contribution is 6.04. The van der Waals surface area contributed by atoms with Gasteiger partial charge in [-0.25, -0.2) is 5.10 Å². The summed E-state index contributed by atoms with van der Waals surface area (Å²) >= 11 is 0. The zero-order valence-electron chi connectivity index (χ0n) is 14.3. The summed E-state index contributed by atoms with van der Waals surface area (Å²) < 4.78 is 0. The van der Waals surface area contributed by atoms with Crippen LogP contribution in [-0.4, -0.2) is 16.1 Å². The van der Waals surface area contributed by atoms with E-state index in [9.17, 15) is 9.59 Å². The molecule has 3 aromatic rings. The molecular weight excluding hydrogens is 314 g/mol. The summed E-state index contributed by atoms with van der Waals surface area (Å²) in [5.41, 5.74) is 0.993. The monoisotopic (exact) mass is 335 g/mol. The number of amides is 1. The predicted octanol–water partition coefficient (Wildman–Crippen LogP) is 3.44. The van der Waals surface area contributed by atoms with Gasteiger partial charge in [-0.15, -0.1) is 0 Å². The van der Waals surface area contributed by atoms with Crippen molar-refractivity contribution in [2.75, 3.05) is 0 Å². The smallest absolute Gasteiger partial charge is 0.272 e. The third-order valence-corrected chi connectivity index (χ3v) is 4.13. The topological polar surface area (TPSA) is 74.8 Å². The van der Waals surface area contributed by atoms with Crippen molar-refractivity contribution in [1.82, 2.24) is 15.5 Å². The van der Waals surface area contributed by atoms with Crippen LogP contribution in [0.5, 0.6) is 0 Å². The van der Waals surface area contributed by atoms with Gasteiger partial charge in [-0.1, -0.05) is 62.4 Å². The number of hydrogen-bond donors (Lipinski definition) is 2. The van der Waals surface area contributed by atoms with Crippen LogP contribution in [0.2, 0.25) is 0 Å². The summed E-state index contributed by atoms with van der Waals surface area (Å²) in [6, 6.07) is 16.8. The van der Waals surface area contributed by atoms with E-state index in [1.165, 1.54) is 0 Å². The zero-order chi connectivity index (χ0) is 17.8. The van der Waals surface area contributed by atoms with Crippen molar-refractivity contribution in [2.45, 2.75) is 26.3 Å². The fraction of sp³-hybridized carbons (Fsp3) is 0.250. The van der Waals surface area contributed by atoms with Crippen molar-refractivity contribution in [3.05, 3.63) is 76.2 Å². The first-order chi connectivity index (χ1) is 12.1. The molecule has 5 nitrogen and oxygen atoms in total. The van der Waals surface area contributed by atoms with Crippen molar-refractivity contribution >= 4 is 16.7 Å². The number of fused-ring (bicyclic) bond motifs is 1. The summed E-state index contributed by atoms with van der Waals surface area (Å²) in [4.78, 5) is 24.7. The van der Waals surface area contributed by atoms with Crippen LogP contribution in [0.1, 0.15) is 42.4 Å². The van der Waals surface area contributed by atoms with Gasteiger partial charge in [0.1, 0.15) is 0 Å². The number of aromatic amines is 1. The molecule has 128 valence electrons. The van der Waals surface area contributed by atoms with Gasteiger partial charge in [0, 0.05) is 5.39 Å². The maximum absolute atomic E-state index is 12.8. The molecule has 0 aliphatic heterocycles. The quantitative estimate of drug-likeness (QED) is 0.750. The van der Waals surface area contributed by atoms with E-state index in [0.29, 0.717) is 16.7 Å². The van der Waals surface area contributed by atoms with E-state index in [1.807, 2.05) is 30.3 Å². The average molecular weight is 335 g/mol. The lowest BCUT2D eigenvalue weighted by Crippen LogP contribution is -2.31. The van der Waals surface area contributed by atoms with Gasteiger partial charge in [0.2, 0.25) is 0 Å². The SMILES string of the molecule is CC(C)C[C@H](NC(=O)c1n[nH]c(=O)c2ccccc12)c1ccccc1. The lowest BCUT2D eigenvalue weighted by atomic mass is 9.96. The number of rotatable bonds is 5. The molecule has 1 amide bonds. The van der Waals surface area contributed by atoms with E-state index in [2.05, 4.69) is 29.4 Å². The van der Waals surface area contributed by atoms with Crippen molar-refractivity contribution in [2.24, 2.45) is 5.92 Å². The Morgan fingerprint density at radius 2 is 1.68 bits per heavy atom. The molecule has 1 heterocycles. The highest BCUT2D eigenvalue weighted by Crippen LogP contribution is 2.22. The molecule has 0 aliphatic carbocycles. The van der Waals surface area contributed by atoms with Crippen molar-refractivity contribution in [3.8, 4) is 0 Å². The third kappa shape index (κ3) is 3.76. The maximum atomic E-state index is 12.8. The number of carbonyl (C=O) groups is 1. The maximum Gasteiger partial charge on any atom is 0.272 e. The first-order valence-corrected chi connectivity index (χ1v) is 8.39. The lowest BCUT2D eigenvalue weighted by Gasteiger charge is -2.21. The molecule has 1 aromatic heterocycles. The fourth-order valence-electron chi connectivity index (χ4n) is 2.95. The third-order valence-electron chi connectivity index (χ3n) is 4.13. The highest BCUT2D eigenvalue weighted by atomic mass is 16.2. The van der Waals surface area contributed by atoms with Crippen LogP contribution in [0.25, 0.3) is 10.8 Å². The van der Waals surface area contributed by atoms with Gasteiger partial charge >= 0.3 is 0 Å². The van der Waals surface area contributed by atoms with E-state index in [1.54, 1.807) is 24.3 Å². The molecule has 25 heavy (non-hydrogen) atoms. The Hall–Kier alpha value is -2.95. The van der Waals surface area contributed by atoms with Crippen LogP contribution in [0.3, 0.4) is 0 Å². The summed E-state index contributed by atoms with van der Waals surface area (Å²) in [6.45, 7) is 4.24. The van der Waals surface area contributed by atoms with Crippen LogP contribution in [0, 0.1) is 5.92 Å². The fourth-order valence-corrected chi connectivity index (χ4v) is 2.95. The number of aromatic nitrogens is 2. The molecule has 2 aromatic carbocycles. The molecule has 0 unspecified atom stereocenters. The van der Waals surface area contributed by atoms with Gasteiger partial charge in [-0.05, 0) is 24.0 Å². The summed E-state index contributed by atoms with van der Waals surface area (Å²) in [7, 11) is 0. The second kappa shape index (κ2) is 7.30. The van der Waals surface area contributed by atoms with Crippen LogP contribution in [0.15, 0.2) is 59.4 Å². The van der Waals surface area contributed by atoms with Crippen LogP contribution in [-0.2, 0) is 0 Å². The molecule has 3 rings (SSSR count). The molecular formula is C20H21N3O2. The van der Waals surface area contributed by atoms with Crippen molar-refractivity contribution in [3.63, 3.8) is 0 Å². The number of benzene rings is 2. The standard InChI is InChI=1S/C20H21N3O2/c1-13(2)12-17(14-8-4-3-5-9-14)21-20(25)18-15-10-6-7-11-16(15)19(24)23-22-18/h3-11,13,17H,12H2,1-2H3,(H,21,25)(H,23,24)/t17-/m0/s1. The number of H-pyrrole nitrogens is 1. The minimum absolute atomic E-state index is 0.110. The van der Waals surface area contributed by atoms with Crippen molar-refractivity contribution < 1.29 is 4.79 Å². The van der Waals surface area contributed by atoms with Gasteiger partial charge in [0.05, 0.1) is 11.4 Å². The molecule has 0 fully saturated rings. The Balaban J connectivity index is 1.95. The Kier molecular flexibility index (Phi) is 4.93. The van der Waals surface area contributed by atoms with Gasteiger partial charge in [-0.2, -0.15) is 5.10 Å². The molecule has 0 spiro atoms. The van der Waals surface area contributed by atoms with Gasteiger partial charge in [0.25, 0.3) is 11.5 Å². The van der Waals surface area contributed by atoms with Gasteiger partial charge in [-0.3, -0.25) is 9.59 Å². The van der Waals surface area contributed by atoms with E-state index in [-0.39, 0.29) is 23.2 Å². The Morgan fingerprint density at radius 1 is 1.04 bits per heavy atom. The number of hydrogen-bond acceptors (Lipinski definition) is 3.